The van der Waals surface area contributed by atoms with Crippen LogP contribution in [0.25, 0.3) is 0 Å². The number of terminal acetylenes is 1. The van der Waals surface area contributed by atoms with E-state index in [9.17, 15) is 4.79 Å². The minimum Gasteiger partial charge on any atom is -0.457 e. The molecule has 1 aliphatic rings. The summed E-state index contributed by atoms with van der Waals surface area (Å²) < 4.78 is 5.95. The lowest BCUT2D eigenvalue weighted by atomic mass is 9.85. The lowest BCUT2D eigenvalue weighted by molar-refractivity contribution is -0.123. The Balaban J connectivity index is 2.04. The minimum atomic E-state index is -0.612. The second-order valence-corrected chi connectivity index (χ2v) is 6.03. The van der Waals surface area contributed by atoms with Crippen LogP contribution < -0.4 is 10.1 Å². The van der Waals surface area contributed by atoms with Crippen molar-refractivity contribution in [3.05, 3.63) is 59.7 Å². The molecule has 122 valence electrons. The van der Waals surface area contributed by atoms with Gasteiger partial charge in [-0.25, -0.2) is 0 Å². The first-order valence-electron chi connectivity index (χ1n) is 8.29. The normalized spacial score (nSPS) is 13.2. The molecule has 24 heavy (non-hydrogen) atoms. The highest BCUT2D eigenvalue weighted by Gasteiger charge is 2.36. The maximum atomic E-state index is 13.2. The van der Waals surface area contributed by atoms with Gasteiger partial charge in [0.25, 0.3) is 0 Å². The number of nitrogens with one attached hydrogen (secondary N) is 1. The Morgan fingerprint density at radius 3 is 2.04 bits per heavy atom. The van der Waals surface area contributed by atoms with Crippen LogP contribution in [0, 0.1) is 12.3 Å². The fourth-order valence-electron chi connectivity index (χ4n) is 3.17. The van der Waals surface area contributed by atoms with E-state index in [0.717, 1.165) is 22.6 Å². The predicted molar refractivity (Wildman–Crippen MR) is 95.1 cm³/mol. The molecule has 0 aromatic heterocycles. The van der Waals surface area contributed by atoms with Gasteiger partial charge in [0.2, 0.25) is 5.91 Å². The maximum absolute atomic E-state index is 13.2. The number of carbonyl (C=O) groups is 1. The van der Waals surface area contributed by atoms with Crippen molar-refractivity contribution < 1.29 is 9.53 Å². The molecular formula is C21H21NO2. The quantitative estimate of drug-likeness (QED) is 0.856. The second-order valence-electron chi connectivity index (χ2n) is 6.03. The minimum absolute atomic E-state index is 0.0835. The third-order valence-corrected chi connectivity index (χ3v) is 4.79. The number of carbonyl (C=O) groups excluding carboxylic acids is 1. The van der Waals surface area contributed by atoms with Crippen LogP contribution in [0.1, 0.15) is 43.7 Å². The third kappa shape index (κ3) is 2.65. The molecule has 0 aliphatic carbocycles. The lowest BCUT2D eigenvalue weighted by Gasteiger charge is -2.32. The Kier molecular flexibility index (Phi) is 4.31. The molecule has 1 heterocycles. The van der Waals surface area contributed by atoms with Gasteiger partial charge in [0.1, 0.15) is 17.0 Å². The fraction of sp³-hybridized carbons (Fsp3) is 0.286. The van der Waals surface area contributed by atoms with Gasteiger partial charge in [-0.1, -0.05) is 56.2 Å². The molecule has 1 amide bonds. The van der Waals surface area contributed by atoms with Crippen molar-refractivity contribution in [2.75, 3.05) is 0 Å². The zero-order valence-electron chi connectivity index (χ0n) is 14.0. The van der Waals surface area contributed by atoms with Gasteiger partial charge in [0.15, 0.2) is 0 Å². The van der Waals surface area contributed by atoms with Crippen LogP contribution in [0.2, 0.25) is 0 Å². The summed E-state index contributed by atoms with van der Waals surface area (Å²) in [4.78, 5) is 13.2. The van der Waals surface area contributed by atoms with Crippen LogP contribution in [-0.4, -0.2) is 11.4 Å². The van der Waals surface area contributed by atoms with E-state index in [-0.39, 0.29) is 5.91 Å². The van der Waals surface area contributed by atoms with E-state index in [1.54, 1.807) is 0 Å². The summed E-state index contributed by atoms with van der Waals surface area (Å²) in [5.74, 6) is 3.70. The molecule has 0 radical (unpaired) electrons. The van der Waals surface area contributed by atoms with Crippen molar-refractivity contribution in [2.24, 2.45) is 0 Å². The van der Waals surface area contributed by atoms with Crippen LogP contribution in [0.3, 0.4) is 0 Å². The fourth-order valence-corrected chi connectivity index (χ4v) is 3.17. The van der Waals surface area contributed by atoms with Crippen LogP contribution in [0.4, 0.5) is 0 Å². The van der Waals surface area contributed by atoms with Gasteiger partial charge in [-0.05, 0) is 25.0 Å². The summed E-state index contributed by atoms with van der Waals surface area (Å²) in [6, 6.07) is 15.3. The monoisotopic (exact) mass is 319 g/mol. The molecule has 1 N–H and O–H groups in total. The first kappa shape index (κ1) is 16.1. The smallest absolute Gasteiger partial charge is 0.233 e. The summed E-state index contributed by atoms with van der Waals surface area (Å²) in [5.41, 5.74) is 1.12. The van der Waals surface area contributed by atoms with Crippen LogP contribution in [-0.2, 0) is 4.79 Å². The highest BCUT2D eigenvalue weighted by molar-refractivity contribution is 5.90. The van der Waals surface area contributed by atoms with E-state index >= 15 is 0 Å². The largest absolute Gasteiger partial charge is 0.457 e. The first-order chi connectivity index (χ1) is 11.6. The highest BCUT2D eigenvalue weighted by atomic mass is 16.5. The Morgan fingerprint density at radius 1 is 1.08 bits per heavy atom. The Hall–Kier alpha value is -2.73. The summed E-state index contributed by atoms with van der Waals surface area (Å²) in [6.45, 7) is 3.99. The average molecular weight is 319 g/mol. The van der Waals surface area contributed by atoms with Crippen molar-refractivity contribution in [3.63, 3.8) is 0 Å². The van der Waals surface area contributed by atoms with E-state index in [2.05, 4.69) is 11.2 Å². The standard InChI is InChI=1S/C21H21NO2/c1-4-21(5-2,6-3)22-20(23)19-15-11-7-9-13-17(15)24-18-14-10-8-12-16(18)19/h1,7-14,19H,5-6H2,2-3H3,(H,22,23). The summed E-state index contributed by atoms with van der Waals surface area (Å²) >= 11 is 0. The zero-order valence-corrected chi connectivity index (χ0v) is 14.0. The van der Waals surface area contributed by atoms with Gasteiger partial charge in [-0.15, -0.1) is 6.42 Å². The number of fused-ring (bicyclic) bond motifs is 2. The average Bonchev–Trinajstić information content (AvgIpc) is 2.64. The van der Waals surface area contributed by atoms with Gasteiger partial charge in [-0.2, -0.15) is 0 Å². The Bertz CT molecular complexity index is 754. The van der Waals surface area contributed by atoms with Crippen molar-refractivity contribution in [1.82, 2.24) is 5.32 Å². The summed E-state index contributed by atoms with van der Waals surface area (Å²) in [7, 11) is 0. The third-order valence-electron chi connectivity index (χ3n) is 4.79. The molecule has 0 atom stereocenters. The number of ether oxygens (including phenoxy) is 1. The van der Waals surface area contributed by atoms with Gasteiger partial charge in [0.05, 0.1) is 5.92 Å². The molecule has 2 aromatic carbocycles. The lowest BCUT2D eigenvalue weighted by Crippen LogP contribution is -2.48. The van der Waals surface area contributed by atoms with Gasteiger partial charge < -0.3 is 10.1 Å². The van der Waals surface area contributed by atoms with E-state index in [1.165, 1.54) is 0 Å². The maximum Gasteiger partial charge on any atom is 0.233 e. The van der Waals surface area contributed by atoms with Crippen LogP contribution in [0.15, 0.2) is 48.5 Å². The van der Waals surface area contributed by atoms with Crippen LogP contribution in [0.5, 0.6) is 11.5 Å². The van der Waals surface area contributed by atoms with Crippen molar-refractivity contribution >= 4 is 5.91 Å². The first-order valence-corrected chi connectivity index (χ1v) is 8.29. The number of hydrogen-bond donors (Lipinski definition) is 1. The van der Waals surface area contributed by atoms with Crippen molar-refractivity contribution in [2.45, 2.75) is 38.1 Å². The van der Waals surface area contributed by atoms with Crippen molar-refractivity contribution in [1.29, 1.82) is 0 Å². The molecule has 3 rings (SSSR count). The Labute approximate surface area is 143 Å². The Morgan fingerprint density at radius 2 is 1.58 bits per heavy atom. The van der Waals surface area contributed by atoms with E-state index in [0.29, 0.717) is 12.8 Å². The number of hydrogen-bond acceptors (Lipinski definition) is 2. The zero-order chi connectivity index (χ0) is 17.2. The predicted octanol–water partition coefficient (Wildman–Crippen LogP) is 4.23. The van der Waals surface area contributed by atoms with E-state index < -0.39 is 11.5 Å². The number of benzene rings is 2. The van der Waals surface area contributed by atoms with Crippen molar-refractivity contribution in [3.8, 4) is 23.8 Å². The molecule has 0 spiro atoms. The number of rotatable bonds is 4. The molecule has 3 heteroatoms. The molecule has 2 aromatic rings. The topological polar surface area (TPSA) is 38.3 Å². The number of para-hydroxylation sites is 2. The molecule has 0 saturated carbocycles. The number of amides is 1. The molecule has 0 bridgehead atoms. The second kappa shape index (κ2) is 6.41. The van der Waals surface area contributed by atoms with Gasteiger partial charge in [-0.3, -0.25) is 4.79 Å². The molecule has 0 fully saturated rings. The molecule has 3 nitrogen and oxygen atoms in total. The van der Waals surface area contributed by atoms with E-state index in [4.69, 9.17) is 11.2 Å². The molecule has 1 aliphatic heterocycles. The summed E-state index contributed by atoms with van der Waals surface area (Å²) in [5, 5.41) is 3.10. The van der Waals surface area contributed by atoms with Gasteiger partial charge in [0, 0.05) is 11.1 Å². The highest BCUT2D eigenvalue weighted by Crippen LogP contribution is 2.44. The molecule has 0 saturated heterocycles. The SMILES string of the molecule is C#CC(CC)(CC)NC(=O)C1c2ccccc2Oc2ccccc21. The summed E-state index contributed by atoms with van der Waals surface area (Å²) in [6.07, 6.45) is 7.09. The molecular weight excluding hydrogens is 298 g/mol. The van der Waals surface area contributed by atoms with E-state index in [1.807, 2.05) is 62.4 Å². The van der Waals surface area contributed by atoms with Gasteiger partial charge >= 0.3 is 0 Å². The van der Waals surface area contributed by atoms with Crippen LogP contribution >= 0.6 is 0 Å². The molecule has 0 unspecified atom stereocenters.